The molecule has 0 heterocycles. The average molecular weight is 288 g/mol. The van der Waals surface area contributed by atoms with Gasteiger partial charge >= 0.3 is 6.09 Å². The number of carboxylic acid groups (broad SMARTS) is 1. The molecule has 0 aliphatic rings. The Morgan fingerprint density at radius 3 is 2.68 bits per heavy atom. The zero-order valence-corrected chi connectivity index (χ0v) is 11.3. The van der Waals surface area contributed by atoms with Crippen molar-refractivity contribution in [2.45, 2.75) is 13.3 Å². The Morgan fingerprint density at radius 2 is 2.21 bits per heavy atom. The lowest BCUT2D eigenvalue weighted by molar-refractivity contribution is -0.383. The summed E-state index contributed by atoms with van der Waals surface area (Å²) in [6.07, 6.45) is -0.500. The molecule has 1 rings (SSSR count). The summed E-state index contributed by atoms with van der Waals surface area (Å²) in [7, 11) is 1.78. The van der Waals surface area contributed by atoms with Crippen LogP contribution >= 0.6 is 11.6 Å². The molecule has 0 bridgehead atoms. The van der Waals surface area contributed by atoms with Gasteiger partial charge < -0.3 is 10.0 Å². The van der Waals surface area contributed by atoms with Gasteiger partial charge in [0.15, 0.2) is 0 Å². The molecule has 1 amide bonds. The van der Waals surface area contributed by atoms with Gasteiger partial charge in [0.05, 0.1) is 15.6 Å². The van der Waals surface area contributed by atoms with Gasteiger partial charge in [-0.1, -0.05) is 18.5 Å². The highest BCUT2D eigenvalue weighted by Crippen LogP contribution is 2.36. The molecule has 0 fully saturated rings. The third kappa shape index (κ3) is 3.72. The highest BCUT2D eigenvalue weighted by molar-refractivity contribution is 6.33. The minimum atomic E-state index is -1.37. The number of rotatable bonds is 5. The molecule has 7 nitrogen and oxygen atoms in total. The van der Waals surface area contributed by atoms with E-state index in [-0.39, 0.29) is 16.4 Å². The lowest BCUT2D eigenvalue weighted by Crippen LogP contribution is -2.19. The third-order valence-electron chi connectivity index (χ3n) is 2.47. The summed E-state index contributed by atoms with van der Waals surface area (Å²) in [4.78, 5) is 22.6. The molecule has 0 atom stereocenters. The van der Waals surface area contributed by atoms with Crippen molar-refractivity contribution in [2.24, 2.45) is 0 Å². The number of nitrogens with zero attached hydrogens (tertiary/aromatic N) is 2. The van der Waals surface area contributed by atoms with Crippen molar-refractivity contribution >= 4 is 34.8 Å². The fourth-order valence-corrected chi connectivity index (χ4v) is 1.97. The van der Waals surface area contributed by atoms with Gasteiger partial charge in [-0.25, -0.2) is 4.79 Å². The van der Waals surface area contributed by atoms with Gasteiger partial charge in [0.1, 0.15) is 5.69 Å². The number of anilines is 2. The smallest absolute Gasteiger partial charge is 0.409 e. The van der Waals surface area contributed by atoms with Crippen molar-refractivity contribution in [3.8, 4) is 0 Å². The summed E-state index contributed by atoms with van der Waals surface area (Å²) in [5, 5.41) is 21.8. The highest BCUT2D eigenvalue weighted by atomic mass is 35.5. The number of nitrogens with one attached hydrogen (secondary N) is 1. The summed E-state index contributed by atoms with van der Waals surface area (Å²) < 4.78 is 0. The molecule has 1 aromatic rings. The van der Waals surface area contributed by atoms with Crippen LogP contribution in [0.4, 0.5) is 21.9 Å². The lowest BCUT2D eigenvalue weighted by atomic mass is 10.2. The molecule has 0 radical (unpaired) electrons. The summed E-state index contributed by atoms with van der Waals surface area (Å²) in [5.41, 5.74) is 0.0683. The summed E-state index contributed by atoms with van der Waals surface area (Å²) in [6, 6.07) is 2.51. The normalized spacial score (nSPS) is 10.1. The Labute approximate surface area is 114 Å². The van der Waals surface area contributed by atoms with E-state index in [9.17, 15) is 14.9 Å². The van der Waals surface area contributed by atoms with Crippen molar-refractivity contribution in [3.63, 3.8) is 0 Å². The number of benzene rings is 1. The zero-order valence-electron chi connectivity index (χ0n) is 10.5. The van der Waals surface area contributed by atoms with Crippen LogP contribution in [-0.4, -0.2) is 29.7 Å². The summed E-state index contributed by atoms with van der Waals surface area (Å²) in [6.45, 7) is 2.68. The molecule has 0 aliphatic carbocycles. The summed E-state index contributed by atoms with van der Waals surface area (Å²) in [5.74, 6) is 0. The third-order valence-corrected chi connectivity index (χ3v) is 2.78. The first kappa shape index (κ1) is 15.0. The van der Waals surface area contributed by atoms with E-state index < -0.39 is 11.0 Å². The van der Waals surface area contributed by atoms with Crippen molar-refractivity contribution in [1.82, 2.24) is 0 Å². The first-order valence-corrected chi connectivity index (χ1v) is 5.93. The van der Waals surface area contributed by atoms with E-state index >= 15 is 0 Å². The fourth-order valence-electron chi connectivity index (χ4n) is 1.67. The monoisotopic (exact) mass is 287 g/mol. The largest absolute Gasteiger partial charge is 0.465 e. The Hall–Kier alpha value is -2.02. The van der Waals surface area contributed by atoms with Crippen LogP contribution in [0.25, 0.3) is 0 Å². The SMILES string of the molecule is CCCN(C)c1cc(NC(=O)O)c([N+](=O)[O-])cc1Cl. The molecule has 0 aliphatic heterocycles. The quantitative estimate of drug-likeness (QED) is 0.640. The van der Waals surface area contributed by atoms with Gasteiger partial charge in [0.2, 0.25) is 0 Å². The lowest BCUT2D eigenvalue weighted by Gasteiger charge is -2.20. The standard InChI is InChI=1S/C11H14ClN3O4/c1-3-4-14(2)9-6-8(13-11(16)17)10(15(18)19)5-7(9)12/h5-6,13H,3-4H2,1-2H3,(H,16,17). The summed E-state index contributed by atoms with van der Waals surface area (Å²) >= 11 is 5.99. The molecule has 0 spiro atoms. The van der Waals surface area contributed by atoms with Gasteiger partial charge in [-0.15, -0.1) is 0 Å². The van der Waals surface area contributed by atoms with Crippen molar-refractivity contribution in [2.75, 3.05) is 23.8 Å². The molecular formula is C11H14ClN3O4. The zero-order chi connectivity index (χ0) is 14.6. The van der Waals surface area contributed by atoms with E-state index in [1.807, 2.05) is 12.2 Å². The fraction of sp³-hybridized carbons (Fsp3) is 0.364. The van der Waals surface area contributed by atoms with Crippen LogP contribution < -0.4 is 10.2 Å². The Kier molecular flexibility index (Phi) is 4.94. The van der Waals surface area contributed by atoms with Crippen LogP contribution in [0, 0.1) is 10.1 Å². The number of carbonyl (C=O) groups is 1. The van der Waals surface area contributed by atoms with Crippen LogP contribution in [0.15, 0.2) is 12.1 Å². The molecule has 8 heteroatoms. The first-order valence-electron chi connectivity index (χ1n) is 5.55. The van der Waals surface area contributed by atoms with Crippen LogP contribution in [0.2, 0.25) is 5.02 Å². The second-order valence-corrected chi connectivity index (χ2v) is 4.34. The number of halogens is 1. The minimum Gasteiger partial charge on any atom is -0.465 e. The Morgan fingerprint density at radius 1 is 1.58 bits per heavy atom. The molecule has 0 unspecified atom stereocenters. The molecule has 0 saturated heterocycles. The number of amides is 1. The van der Waals surface area contributed by atoms with E-state index in [2.05, 4.69) is 0 Å². The van der Waals surface area contributed by atoms with Crippen molar-refractivity contribution in [3.05, 3.63) is 27.3 Å². The maximum Gasteiger partial charge on any atom is 0.409 e. The average Bonchev–Trinajstić information content (AvgIpc) is 2.30. The van der Waals surface area contributed by atoms with Crippen LogP contribution in [0.5, 0.6) is 0 Å². The maximum atomic E-state index is 10.9. The molecular weight excluding hydrogens is 274 g/mol. The van der Waals surface area contributed by atoms with Gasteiger partial charge in [0.25, 0.3) is 5.69 Å². The second kappa shape index (κ2) is 6.24. The molecule has 2 N–H and O–H groups in total. The highest BCUT2D eigenvalue weighted by Gasteiger charge is 2.20. The topological polar surface area (TPSA) is 95.7 Å². The van der Waals surface area contributed by atoms with Gasteiger partial charge in [-0.05, 0) is 12.5 Å². The molecule has 19 heavy (non-hydrogen) atoms. The van der Waals surface area contributed by atoms with E-state index in [0.717, 1.165) is 12.5 Å². The molecule has 0 aromatic heterocycles. The van der Waals surface area contributed by atoms with Crippen LogP contribution in [0.3, 0.4) is 0 Å². The first-order chi connectivity index (χ1) is 8.86. The predicted molar refractivity (Wildman–Crippen MR) is 73.3 cm³/mol. The van der Waals surface area contributed by atoms with Crippen molar-refractivity contribution in [1.29, 1.82) is 0 Å². The van der Waals surface area contributed by atoms with E-state index in [0.29, 0.717) is 12.2 Å². The number of hydrogen-bond acceptors (Lipinski definition) is 4. The molecule has 0 saturated carbocycles. The van der Waals surface area contributed by atoms with E-state index in [4.69, 9.17) is 16.7 Å². The second-order valence-electron chi connectivity index (χ2n) is 3.93. The van der Waals surface area contributed by atoms with Crippen LogP contribution in [0.1, 0.15) is 13.3 Å². The number of hydrogen-bond donors (Lipinski definition) is 2. The molecule has 1 aromatic carbocycles. The van der Waals surface area contributed by atoms with E-state index in [1.165, 1.54) is 6.07 Å². The van der Waals surface area contributed by atoms with Gasteiger partial charge in [0, 0.05) is 19.7 Å². The van der Waals surface area contributed by atoms with Crippen LogP contribution in [-0.2, 0) is 0 Å². The Balaban J connectivity index is 3.28. The number of nitro benzene ring substituents is 1. The maximum absolute atomic E-state index is 10.9. The number of nitro groups is 1. The molecule has 104 valence electrons. The van der Waals surface area contributed by atoms with Gasteiger partial charge in [-0.3, -0.25) is 15.4 Å². The Bertz CT molecular complexity index is 507. The minimum absolute atomic E-state index is 0.0974. The van der Waals surface area contributed by atoms with Gasteiger partial charge in [-0.2, -0.15) is 0 Å². The predicted octanol–water partition coefficient (Wildman–Crippen LogP) is 3.18. The van der Waals surface area contributed by atoms with E-state index in [1.54, 1.807) is 11.9 Å². The van der Waals surface area contributed by atoms with Crippen molar-refractivity contribution < 1.29 is 14.8 Å².